The third-order valence-electron chi connectivity index (χ3n) is 3.33. The molecule has 0 aliphatic carbocycles. The first-order valence-corrected chi connectivity index (χ1v) is 7.03. The summed E-state index contributed by atoms with van der Waals surface area (Å²) in [5, 5.41) is 0. The number of nitrogens with zero attached hydrogens (tertiary/aromatic N) is 2. The van der Waals surface area contributed by atoms with Crippen LogP contribution < -0.4 is 5.73 Å². The average Bonchev–Trinajstić information content (AvgIpc) is 2.62. The second-order valence-corrected chi connectivity index (χ2v) is 4.81. The summed E-state index contributed by atoms with van der Waals surface area (Å²) in [7, 11) is 0. The van der Waals surface area contributed by atoms with Crippen LogP contribution in [0.2, 0.25) is 0 Å². The van der Waals surface area contributed by atoms with Crippen molar-refractivity contribution in [2.45, 2.75) is 45.4 Å². The maximum atomic E-state index is 12.3. The van der Waals surface area contributed by atoms with Gasteiger partial charge in [-0.2, -0.15) is 0 Å². The van der Waals surface area contributed by atoms with Gasteiger partial charge < -0.3 is 15.5 Å². The van der Waals surface area contributed by atoms with Crippen molar-refractivity contribution in [3.8, 4) is 0 Å². The fourth-order valence-corrected chi connectivity index (χ4v) is 2.27. The highest BCUT2D eigenvalue weighted by Crippen LogP contribution is 2.12. The normalized spacial score (nSPS) is 16.7. The van der Waals surface area contributed by atoms with Crippen LogP contribution in [0, 0.1) is 0 Å². The lowest BCUT2D eigenvalue weighted by atomic mass is 10.2. The molecule has 0 unspecified atom stereocenters. The minimum atomic E-state index is 0.200. The van der Waals surface area contributed by atoms with E-state index in [1.807, 2.05) is 9.80 Å². The van der Waals surface area contributed by atoms with Gasteiger partial charge in [-0.15, -0.1) is 0 Å². The van der Waals surface area contributed by atoms with Crippen molar-refractivity contribution in [3.63, 3.8) is 0 Å². The Hall–Kier alpha value is -0.770. The van der Waals surface area contributed by atoms with Crippen molar-refractivity contribution in [2.24, 2.45) is 5.73 Å². The Morgan fingerprint density at radius 3 is 2.35 bits per heavy atom. The largest absolute Gasteiger partial charge is 0.329 e. The van der Waals surface area contributed by atoms with Gasteiger partial charge in [0.15, 0.2) is 0 Å². The highest BCUT2D eigenvalue weighted by atomic mass is 16.2. The summed E-state index contributed by atoms with van der Waals surface area (Å²) in [6, 6.07) is 0.200. The molecule has 17 heavy (non-hydrogen) atoms. The molecule has 1 aliphatic heterocycles. The highest BCUT2D eigenvalue weighted by Gasteiger charge is 2.20. The van der Waals surface area contributed by atoms with Crippen LogP contribution in [0.15, 0.2) is 0 Å². The Balaban J connectivity index is 2.48. The van der Waals surface area contributed by atoms with Gasteiger partial charge in [-0.1, -0.05) is 26.2 Å². The van der Waals surface area contributed by atoms with E-state index in [-0.39, 0.29) is 6.03 Å². The lowest BCUT2D eigenvalue weighted by Gasteiger charge is -2.29. The molecular formula is C13H27N3O. The van der Waals surface area contributed by atoms with Gasteiger partial charge in [0.25, 0.3) is 0 Å². The zero-order chi connectivity index (χ0) is 12.5. The van der Waals surface area contributed by atoms with Crippen molar-refractivity contribution in [3.05, 3.63) is 0 Å². The number of likely N-dealkylation sites (tertiary alicyclic amines) is 1. The second-order valence-electron chi connectivity index (χ2n) is 4.81. The van der Waals surface area contributed by atoms with Crippen LogP contribution in [0.25, 0.3) is 0 Å². The summed E-state index contributed by atoms with van der Waals surface area (Å²) in [4.78, 5) is 16.3. The van der Waals surface area contributed by atoms with Crippen LogP contribution in [0.4, 0.5) is 4.79 Å². The summed E-state index contributed by atoms with van der Waals surface area (Å²) in [5.74, 6) is 0. The van der Waals surface area contributed by atoms with E-state index in [2.05, 4.69) is 6.92 Å². The van der Waals surface area contributed by atoms with E-state index in [9.17, 15) is 4.79 Å². The number of rotatable bonds is 5. The number of hydrogen-bond acceptors (Lipinski definition) is 2. The molecule has 0 spiro atoms. The fourth-order valence-electron chi connectivity index (χ4n) is 2.27. The number of carbonyl (C=O) groups excluding carboxylic acids is 1. The van der Waals surface area contributed by atoms with Crippen molar-refractivity contribution in [1.29, 1.82) is 0 Å². The van der Waals surface area contributed by atoms with Crippen molar-refractivity contribution < 1.29 is 4.79 Å². The maximum absolute atomic E-state index is 12.3. The van der Waals surface area contributed by atoms with Crippen LogP contribution in [0.1, 0.15) is 45.4 Å². The Morgan fingerprint density at radius 1 is 1.18 bits per heavy atom. The molecule has 1 rings (SSSR count). The summed E-state index contributed by atoms with van der Waals surface area (Å²) in [5.41, 5.74) is 5.59. The fraction of sp³-hybridized carbons (Fsp3) is 0.923. The Morgan fingerprint density at radius 2 is 1.82 bits per heavy atom. The summed E-state index contributed by atoms with van der Waals surface area (Å²) in [6.07, 6.45) is 7.01. The van der Waals surface area contributed by atoms with Crippen molar-refractivity contribution in [2.75, 3.05) is 32.7 Å². The summed E-state index contributed by atoms with van der Waals surface area (Å²) in [6.45, 7) is 6.09. The lowest BCUT2D eigenvalue weighted by Crippen LogP contribution is -2.45. The number of carbonyl (C=O) groups is 1. The van der Waals surface area contributed by atoms with Crippen LogP contribution >= 0.6 is 0 Å². The van der Waals surface area contributed by atoms with E-state index in [0.717, 1.165) is 45.3 Å². The van der Waals surface area contributed by atoms with Crippen molar-refractivity contribution in [1.82, 2.24) is 9.80 Å². The zero-order valence-corrected chi connectivity index (χ0v) is 11.2. The first kappa shape index (κ1) is 14.3. The first-order valence-electron chi connectivity index (χ1n) is 7.03. The van der Waals surface area contributed by atoms with E-state index in [1.54, 1.807) is 0 Å². The smallest absolute Gasteiger partial charge is 0.320 e. The molecule has 1 aliphatic rings. The predicted molar refractivity (Wildman–Crippen MR) is 71.0 cm³/mol. The number of nitrogens with two attached hydrogens (primary N) is 1. The van der Waals surface area contributed by atoms with Crippen LogP contribution in [-0.2, 0) is 0 Å². The number of unbranched alkanes of at least 4 members (excludes halogenated alkanes) is 1. The molecule has 0 aromatic rings. The first-order chi connectivity index (χ1) is 8.29. The molecule has 0 aromatic carbocycles. The van der Waals surface area contributed by atoms with E-state index in [0.29, 0.717) is 13.1 Å². The van der Waals surface area contributed by atoms with E-state index < -0.39 is 0 Å². The number of urea groups is 1. The molecule has 2 amide bonds. The number of hydrogen-bond donors (Lipinski definition) is 1. The topological polar surface area (TPSA) is 49.6 Å². The molecule has 0 radical (unpaired) electrons. The van der Waals surface area contributed by atoms with Gasteiger partial charge >= 0.3 is 6.03 Å². The quantitative estimate of drug-likeness (QED) is 0.801. The molecule has 1 fully saturated rings. The van der Waals surface area contributed by atoms with E-state index in [1.165, 1.54) is 12.8 Å². The Kier molecular flexibility index (Phi) is 7.01. The molecule has 1 heterocycles. The van der Waals surface area contributed by atoms with Crippen molar-refractivity contribution >= 4 is 6.03 Å². The molecular weight excluding hydrogens is 214 g/mol. The molecule has 1 saturated heterocycles. The molecule has 100 valence electrons. The third-order valence-corrected chi connectivity index (χ3v) is 3.33. The van der Waals surface area contributed by atoms with Gasteiger partial charge in [0.2, 0.25) is 0 Å². The maximum Gasteiger partial charge on any atom is 0.320 e. The predicted octanol–water partition coefficient (Wildman–Crippen LogP) is 2.04. The van der Waals surface area contributed by atoms with E-state index >= 15 is 0 Å². The molecule has 0 saturated carbocycles. The second kappa shape index (κ2) is 8.34. The van der Waals surface area contributed by atoms with Gasteiger partial charge in [0.1, 0.15) is 0 Å². The van der Waals surface area contributed by atoms with Gasteiger partial charge in [0.05, 0.1) is 0 Å². The summed E-state index contributed by atoms with van der Waals surface area (Å²) >= 11 is 0. The van der Waals surface area contributed by atoms with Gasteiger partial charge in [-0.3, -0.25) is 0 Å². The SMILES string of the molecule is CCCCN(CCN)C(=O)N1CCCCCC1. The van der Waals surface area contributed by atoms with Crippen LogP contribution in [-0.4, -0.2) is 48.6 Å². The molecule has 4 nitrogen and oxygen atoms in total. The van der Waals surface area contributed by atoms with Gasteiger partial charge in [0, 0.05) is 32.7 Å². The molecule has 0 bridgehead atoms. The Bertz CT molecular complexity index is 213. The monoisotopic (exact) mass is 241 g/mol. The molecule has 0 atom stereocenters. The minimum absolute atomic E-state index is 0.200. The summed E-state index contributed by atoms with van der Waals surface area (Å²) < 4.78 is 0. The van der Waals surface area contributed by atoms with Gasteiger partial charge in [-0.05, 0) is 19.3 Å². The van der Waals surface area contributed by atoms with Gasteiger partial charge in [-0.25, -0.2) is 4.79 Å². The Labute approximate surface area is 105 Å². The average molecular weight is 241 g/mol. The highest BCUT2D eigenvalue weighted by molar-refractivity contribution is 5.74. The van der Waals surface area contributed by atoms with Crippen LogP contribution in [0.5, 0.6) is 0 Å². The molecule has 0 aromatic heterocycles. The molecule has 4 heteroatoms. The van der Waals surface area contributed by atoms with Crippen LogP contribution in [0.3, 0.4) is 0 Å². The standard InChI is InChI=1S/C13H27N3O/c1-2-3-9-16(12-8-14)13(17)15-10-6-4-5-7-11-15/h2-12,14H2,1H3. The number of amides is 2. The lowest BCUT2D eigenvalue weighted by molar-refractivity contribution is 0.155. The zero-order valence-electron chi connectivity index (χ0n) is 11.2. The minimum Gasteiger partial charge on any atom is -0.329 e. The molecule has 2 N–H and O–H groups in total. The van der Waals surface area contributed by atoms with E-state index in [4.69, 9.17) is 5.73 Å². The third kappa shape index (κ3) is 4.94.